The lowest BCUT2D eigenvalue weighted by Gasteiger charge is -2.27. The quantitative estimate of drug-likeness (QED) is 0.194. The molecule has 0 aromatic rings. The third-order valence-corrected chi connectivity index (χ3v) is 8.81. The van der Waals surface area contributed by atoms with Gasteiger partial charge >= 0.3 is 0 Å². The number of hydrogen-bond acceptors (Lipinski definition) is 1. The van der Waals surface area contributed by atoms with Gasteiger partial charge in [0.2, 0.25) is 8.32 Å². The van der Waals surface area contributed by atoms with Gasteiger partial charge in [-0.25, -0.2) is 0 Å². The maximum atomic E-state index is 6.36. The molecule has 1 nitrogen and oxygen atoms in total. The van der Waals surface area contributed by atoms with E-state index in [-0.39, 0.29) is 0 Å². The topological polar surface area (TPSA) is 9.23 Å². The van der Waals surface area contributed by atoms with Crippen LogP contribution in [0.3, 0.4) is 0 Å². The van der Waals surface area contributed by atoms with Gasteiger partial charge in [0.25, 0.3) is 0 Å². The maximum Gasteiger partial charge on any atom is 0.216 e. The third-order valence-electron chi connectivity index (χ3n) is 4.79. The Bertz CT molecular complexity index is 255. The first-order valence-corrected chi connectivity index (χ1v) is 13.0. The average Bonchev–Trinajstić information content (AvgIpc) is 2.58. The molecule has 0 fully saturated rings. The minimum absolute atomic E-state index is 0.950. The molecule has 1 unspecified atom stereocenters. The molecule has 1 atom stereocenters. The van der Waals surface area contributed by atoms with Crippen molar-refractivity contribution >= 4 is 8.32 Å². The van der Waals surface area contributed by atoms with Gasteiger partial charge in [-0.15, -0.1) is 0 Å². The molecule has 0 radical (unpaired) electrons. The van der Waals surface area contributed by atoms with Crippen molar-refractivity contribution in [3.8, 4) is 0 Å². The molecule has 0 amide bonds. The summed E-state index contributed by atoms with van der Waals surface area (Å²) in [6, 6.07) is 2.55. The van der Waals surface area contributed by atoms with Gasteiger partial charge in [-0.05, 0) is 31.4 Å². The maximum absolute atomic E-state index is 6.36. The van der Waals surface area contributed by atoms with Crippen LogP contribution >= 0.6 is 0 Å². The van der Waals surface area contributed by atoms with E-state index in [4.69, 9.17) is 4.43 Å². The zero-order valence-electron chi connectivity index (χ0n) is 16.7. The summed E-state index contributed by atoms with van der Waals surface area (Å²) < 4.78 is 6.36. The van der Waals surface area contributed by atoms with Crippen LogP contribution in [-0.4, -0.2) is 14.9 Å². The van der Waals surface area contributed by atoms with Gasteiger partial charge < -0.3 is 4.43 Å². The molecule has 0 N–H and O–H groups in total. The molecule has 0 aliphatic rings. The lowest BCUT2D eigenvalue weighted by molar-refractivity contribution is 0.305. The second-order valence-corrected chi connectivity index (χ2v) is 11.0. The van der Waals surface area contributed by atoms with Crippen molar-refractivity contribution in [3.63, 3.8) is 0 Å². The predicted molar refractivity (Wildman–Crippen MR) is 109 cm³/mol. The Labute approximate surface area is 148 Å². The monoisotopic (exact) mass is 340 g/mol. The van der Waals surface area contributed by atoms with Gasteiger partial charge in [0.15, 0.2) is 0 Å². The van der Waals surface area contributed by atoms with Gasteiger partial charge in [-0.3, -0.25) is 0 Å². The first-order chi connectivity index (χ1) is 11.2. The molecule has 23 heavy (non-hydrogen) atoms. The zero-order valence-corrected chi connectivity index (χ0v) is 17.7. The first-order valence-electron chi connectivity index (χ1n) is 10.6. The summed E-state index contributed by atoms with van der Waals surface area (Å²) in [5, 5.41) is 0. The molecule has 2 heteroatoms. The van der Waals surface area contributed by atoms with Crippen LogP contribution < -0.4 is 0 Å². The summed E-state index contributed by atoms with van der Waals surface area (Å²) in [5.41, 5.74) is 2.53. The van der Waals surface area contributed by atoms with E-state index in [0.29, 0.717) is 0 Å². The Morgan fingerprint density at radius 3 is 1.87 bits per heavy atom. The van der Waals surface area contributed by atoms with E-state index in [1.165, 1.54) is 82.7 Å². The van der Waals surface area contributed by atoms with Crippen molar-refractivity contribution in [2.24, 2.45) is 0 Å². The predicted octanol–water partition coefficient (Wildman–Crippen LogP) is 7.80. The van der Waals surface area contributed by atoms with Crippen LogP contribution in [0.2, 0.25) is 12.1 Å². The van der Waals surface area contributed by atoms with Crippen LogP contribution in [0, 0.1) is 0 Å². The van der Waals surface area contributed by atoms with Crippen molar-refractivity contribution in [1.29, 1.82) is 0 Å². The summed E-state index contributed by atoms with van der Waals surface area (Å²) in [5.74, 6) is 0. The molecule has 0 bridgehead atoms. The summed E-state index contributed by atoms with van der Waals surface area (Å²) in [6.07, 6.45) is 18.8. The fourth-order valence-corrected chi connectivity index (χ4v) is 6.44. The molecular formula is C21H44OSi. The number of hydrogen-bond donors (Lipinski definition) is 0. The summed E-state index contributed by atoms with van der Waals surface area (Å²) in [4.78, 5) is 0. The number of allylic oxidation sites excluding steroid dienone is 1. The molecule has 0 spiro atoms. The van der Waals surface area contributed by atoms with Crippen LogP contribution in [-0.2, 0) is 4.43 Å². The zero-order chi connectivity index (χ0) is 17.2. The molecule has 0 aliphatic carbocycles. The Morgan fingerprint density at radius 1 is 0.696 bits per heavy atom. The summed E-state index contributed by atoms with van der Waals surface area (Å²) in [7, 11) is -1.58. The molecule has 0 saturated heterocycles. The van der Waals surface area contributed by atoms with Crippen molar-refractivity contribution in [3.05, 3.63) is 11.8 Å². The van der Waals surface area contributed by atoms with Crippen LogP contribution in [0.5, 0.6) is 0 Å². The summed E-state index contributed by atoms with van der Waals surface area (Å²) >= 11 is 0. The van der Waals surface area contributed by atoms with Crippen molar-refractivity contribution in [2.75, 3.05) is 6.61 Å². The van der Waals surface area contributed by atoms with Crippen LogP contribution in [0.4, 0.5) is 0 Å². The summed E-state index contributed by atoms with van der Waals surface area (Å²) in [6.45, 7) is 10.1. The van der Waals surface area contributed by atoms with Crippen molar-refractivity contribution in [1.82, 2.24) is 0 Å². The minimum atomic E-state index is -1.58. The van der Waals surface area contributed by atoms with Crippen molar-refractivity contribution < 1.29 is 4.43 Å². The molecule has 0 aromatic heterocycles. The largest absolute Gasteiger partial charge is 0.413 e. The number of rotatable bonds is 17. The average molecular weight is 341 g/mol. The van der Waals surface area contributed by atoms with E-state index in [2.05, 4.69) is 39.5 Å². The highest BCUT2D eigenvalue weighted by atomic mass is 28.4. The van der Waals surface area contributed by atoms with E-state index in [0.717, 1.165) is 13.0 Å². The SMILES string of the molecule is CCCCCCCCCCC=C[Si](CC)(CCCC)OCCC. The fraction of sp³-hybridized carbons (Fsp3) is 0.905. The Kier molecular flexibility index (Phi) is 16.7. The van der Waals surface area contributed by atoms with E-state index < -0.39 is 8.32 Å². The smallest absolute Gasteiger partial charge is 0.216 e. The van der Waals surface area contributed by atoms with Crippen molar-refractivity contribution in [2.45, 2.75) is 117 Å². The fourth-order valence-electron chi connectivity index (χ4n) is 3.08. The molecule has 0 aliphatic heterocycles. The Hall–Kier alpha value is -0.0831. The van der Waals surface area contributed by atoms with Crippen LogP contribution in [0.25, 0.3) is 0 Å². The molecule has 0 heterocycles. The molecule has 0 saturated carbocycles. The van der Waals surface area contributed by atoms with Crippen LogP contribution in [0.1, 0.15) is 105 Å². The highest BCUT2D eigenvalue weighted by molar-refractivity contribution is 6.78. The number of unbranched alkanes of at least 4 members (excludes halogenated alkanes) is 9. The molecule has 138 valence electrons. The van der Waals surface area contributed by atoms with Gasteiger partial charge in [0.1, 0.15) is 0 Å². The van der Waals surface area contributed by atoms with E-state index >= 15 is 0 Å². The van der Waals surface area contributed by atoms with Gasteiger partial charge in [0.05, 0.1) is 0 Å². The highest BCUT2D eigenvalue weighted by Gasteiger charge is 2.28. The minimum Gasteiger partial charge on any atom is -0.413 e. The second kappa shape index (κ2) is 16.8. The van der Waals surface area contributed by atoms with Gasteiger partial charge in [0, 0.05) is 6.61 Å². The molecule has 0 aromatic carbocycles. The van der Waals surface area contributed by atoms with Crippen LogP contribution in [0.15, 0.2) is 11.8 Å². The molecular weight excluding hydrogens is 296 g/mol. The third kappa shape index (κ3) is 12.9. The van der Waals surface area contributed by atoms with Gasteiger partial charge in [-0.2, -0.15) is 0 Å². The van der Waals surface area contributed by atoms with E-state index in [1.807, 2.05) is 0 Å². The Balaban J connectivity index is 3.94. The highest BCUT2D eigenvalue weighted by Crippen LogP contribution is 2.23. The lowest BCUT2D eigenvalue weighted by atomic mass is 10.1. The molecule has 0 rings (SSSR count). The van der Waals surface area contributed by atoms with E-state index in [1.54, 1.807) is 0 Å². The normalized spacial score (nSPS) is 14.4. The Morgan fingerprint density at radius 2 is 1.30 bits per heavy atom. The van der Waals surface area contributed by atoms with E-state index in [9.17, 15) is 0 Å². The standard InChI is InChI=1S/C21H44OSi/c1-5-9-11-12-13-14-15-16-17-18-21-23(8-4,20-10-6-2)22-19-7-3/h18,21H,5-17,19-20H2,1-4H3. The second-order valence-electron chi connectivity index (χ2n) is 7.04. The van der Waals surface area contributed by atoms with Gasteiger partial charge in [-0.1, -0.05) is 97.3 Å². The lowest BCUT2D eigenvalue weighted by Crippen LogP contribution is -2.35. The first kappa shape index (κ1) is 22.9.